The highest BCUT2D eigenvalue weighted by Gasteiger charge is 2.76. The van der Waals surface area contributed by atoms with Gasteiger partial charge in [0.1, 0.15) is 5.82 Å². The fourth-order valence-corrected chi connectivity index (χ4v) is 9.01. The molecule has 2 heterocycles. The van der Waals surface area contributed by atoms with E-state index in [0.717, 1.165) is 24.3 Å². The number of phenolic OH excluding ortho intramolecular Hbond substituents is 1. The molecule has 6 atom stereocenters. The van der Waals surface area contributed by atoms with Gasteiger partial charge in [-0.25, -0.2) is 14.2 Å². The molecule has 4 amide bonds. The number of aromatic hydroxyl groups is 1. The van der Waals surface area contributed by atoms with Crippen molar-refractivity contribution in [3.8, 4) is 11.5 Å². The third-order valence-corrected chi connectivity index (χ3v) is 11.8. The van der Waals surface area contributed by atoms with Gasteiger partial charge >= 0.3 is 12.4 Å². The Kier molecular flexibility index (Phi) is 8.45. The van der Waals surface area contributed by atoms with E-state index in [4.69, 9.17) is 27.9 Å². The van der Waals surface area contributed by atoms with Crippen molar-refractivity contribution in [1.82, 2.24) is 0 Å². The van der Waals surface area contributed by atoms with Gasteiger partial charge in [-0.1, -0.05) is 17.7 Å². The SMILES string of the molecule is CCOc1cc(C2C3=CCC4C(=O)N(c5cc(C(F)(F)F)cc(C(F)(F)F)c5)C(=O)C4C3CC3(Cl)C(=O)N(c4ccc(F)cc4)C(=O)C23Cl)ccc1O. The Morgan fingerprint density at radius 1 is 0.811 bits per heavy atom. The monoisotopic (exact) mass is 784 g/mol. The first-order chi connectivity index (χ1) is 24.7. The average molecular weight is 785 g/mol. The molecule has 6 unspecified atom stereocenters. The number of imide groups is 2. The fourth-order valence-electron chi connectivity index (χ4n) is 8.08. The average Bonchev–Trinajstić information content (AvgIpc) is 3.43. The molecule has 3 aromatic carbocycles. The number of carbonyl (C=O) groups is 4. The minimum absolute atomic E-state index is 0.0441. The van der Waals surface area contributed by atoms with Crippen LogP contribution in [0.2, 0.25) is 0 Å². The van der Waals surface area contributed by atoms with Gasteiger partial charge in [0.2, 0.25) is 11.8 Å². The van der Waals surface area contributed by atoms with E-state index in [1.165, 1.54) is 24.3 Å². The number of allylic oxidation sites excluding steroid dienone is 2. The molecule has 0 aromatic heterocycles. The molecule has 53 heavy (non-hydrogen) atoms. The summed E-state index contributed by atoms with van der Waals surface area (Å²) in [7, 11) is 0. The number of nitrogens with zero attached hydrogens (tertiary/aromatic N) is 2. The molecule has 0 bridgehead atoms. The number of phenols is 1. The van der Waals surface area contributed by atoms with Gasteiger partial charge in [0.05, 0.1) is 40.9 Å². The summed E-state index contributed by atoms with van der Waals surface area (Å²) in [6, 6.07) is 8.68. The Bertz CT molecular complexity index is 2090. The van der Waals surface area contributed by atoms with Crippen LogP contribution >= 0.6 is 23.2 Å². The molecular formula is C36H25Cl2F7N2O6. The fraction of sp³-hybridized carbons (Fsp3) is 0.333. The lowest BCUT2D eigenvalue weighted by molar-refractivity contribution is -0.143. The van der Waals surface area contributed by atoms with Gasteiger partial charge in [-0.2, -0.15) is 26.3 Å². The summed E-state index contributed by atoms with van der Waals surface area (Å²) in [5.74, 6) is -10.6. The summed E-state index contributed by atoms with van der Waals surface area (Å²) in [4.78, 5) is 53.2. The van der Waals surface area contributed by atoms with E-state index >= 15 is 0 Å². The van der Waals surface area contributed by atoms with Crippen LogP contribution in [0.4, 0.5) is 42.1 Å². The molecule has 3 fully saturated rings. The Balaban J connectivity index is 1.39. The zero-order valence-electron chi connectivity index (χ0n) is 27.1. The lowest BCUT2D eigenvalue weighted by Crippen LogP contribution is -2.60. The number of alkyl halides is 8. The molecule has 17 heteroatoms. The Morgan fingerprint density at radius 3 is 2.02 bits per heavy atom. The second-order valence-corrected chi connectivity index (χ2v) is 14.4. The molecular weight excluding hydrogens is 760 g/mol. The molecule has 278 valence electrons. The van der Waals surface area contributed by atoms with Crippen molar-refractivity contribution in [3.05, 3.63) is 94.8 Å². The molecule has 4 aliphatic rings. The van der Waals surface area contributed by atoms with Crippen LogP contribution in [0, 0.1) is 23.6 Å². The summed E-state index contributed by atoms with van der Waals surface area (Å²) < 4.78 is 102. The van der Waals surface area contributed by atoms with Crippen LogP contribution in [-0.2, 0) is 31.5 Å². The van der Waals surface area contributed by atoms with Crippen LogP contribution in [0.15, 0.2) is 72.3 Å². The van der Waals surface area contributed by atoms with E-state index in [1.807, 2.05) is 0 Å². The van der Waals surface area contributed by atoms with Crippen molar-refractivity contribution in [2.75, 3.05) is 16.4 Å². The third kappa shape index (κ3) is 5.40. The normalized spacial score (nSPS) is 28.5. The molecule has 2 aliphatic heterocycles. The number of rotatable bonds is 5. The van der Waals surface area contributed by atoms with Crippen molar-refractivity contribution in [2.24, 2.45) is 17.8 Å². The zero-order chi connectivity index (χ0) is 38.6. The number of carbonyl (C=O) groups excluding carboxylic acids is 4. The minimum atomic E-state index is -5.27. The first-order valence-electron chi connectivity index (χ1n) is 16.1. The highest BCUT2D eigenvalue weighted by atomic mass is 35.5. The zero-order valence-corrected chi connectivity index (χ0v) is 28.6. The molecule has 1 N–H and O–H groups in total. The van der Waals surface area contributed by atoms with Crippen molar-refractivity contribution in [2.45, 2.75) is 47.8 Å². The third-order valence-electron chi connectivity index (χ3n) is 10.3. The Labute approximate surface area is 305 Å². The molecule has 2 aliphatic carbocycles. The van der Waals surface area contributed by atoms with E-state index in [0.29, 0.717) is 4.90 Å². The highest BCUT2D eigenvalue weighted by Crippen LogP contribution is 2.66. The number of fused-ring (bicyclic) bond motifs is 4. The van der Waals surface area contributed by atoms with Crippen LogP contribution in [0.25, 0.3) is 0 Å². The second-order valence-electron chi connectivity index (χ2n) is 13.2. The number of anilines is 2. The van der Waals surface area contributed by atoms with E-state index in [2.05, 4.69) is 0 Å². The predicted octanol–water partition coefficient (Wildman–Crippen LogP) is 7.74. The maximum atomic E-state index is 14.5. The molecule has 8 nitrogen and oxygen atoms in total. The topological polar surface area (TPSA) is 104 Å². The lowest BCUT2D eigenvalue weighted by Gasteiger charge is -2.50. The quantitative estimate of drug-likeness (QED) is 0.123. The highest BCUT2D eigenvalue weighted by molar-refractivity contribution is 6.58. The van der Waals surface area contributed by atoms with Crippen molar-refractivity contribution < 1.29 is 59.8 Å². The smallest absolute Gasteiger partial charge is 0.416 e. The number of hydrogen-bond acceptors (Lipinski definition) is 6. The minimum Gasteiger partial charge on any atom is -0.504 e. The summed E-state index contributed by atoms with van der Waals surface area (Å²) in [6.07, 6.45) is -9.86. The Hall–Kier alpha value is -4.63. The molecule has 0 radical (unpaired) electrons. The van der Waals surface area contributed by atoms with Gasteiger partial charge in [-0.3, -0.25) is 19.2 Å². The van der Waals surface area contributed by atoms with E-state index in [-0.39, 0.29) is 64.4 Å². The molecule has 2 saturated heterocycles. The van der Waals surface area contributed by atoms with Crippen LogP contribution < -0.4 is 14.5 Å². The molecule has 1 saturated carbocycles. The van der Waals surface area contributed by atoms with E-state index < -0.39 is 98.5 Å². The summed E-state index contributed by atoms with van der Waals surface area (Å²) in [5.41, 5.74) is -4.09. The summed E-state index contributed by atoms with van der Waals surface area (Å²) in [6.45, 7) is 1.73. The summed E-state index contributed by atoms with van der Waals surface area (Å²) in [5, 5.41) is 10.5. The van der Waals surface area contributed by atoms with Crippen LogP contribution in [-0.4, -0.2) is 45.1 Å². The number of halogens is 9. The predicted molar refractivity (Wildman–Crippen MR) is 175 cm³/mol. The van der Waals surface area contributed by atoms with Gasteiger partial charge in [0, 0.05) is 5.92 Å². The number of benzene rings is 3. The van der Waals surface area contributed by atoms with E-state index in [9.17, 15) is 55.0 Å². The number of amides is 4. The largest absolute Gasteiger partial charge is 0.504 e. The van der Waals surface area contributed by atoms with Gasteiger partial charge < -0.3 is 9.84 Å². The van der Waals surface area contributed by atoms with Gasteiger partial charge in [-0.15, -0.1) is 23.2 Å². The summed E-state index contributed by atoms with van der Waals surface area (Å²) >= 11 is 14.6. The first-order valence-corrected chi connectivity index (χ1v) is 16.8. The van der Waals surface area contributed by atoms with Crippen LogP contribution in [0.5, 0.6) is 11.5 Å². The number of hydrogen-bond donors (Lipinski definition) is 1. The van der Waals surface area contributed by atoms with Crippen molar-refractivity contribution >= 4 is 58.2 Å². The first kappa shape index (κ1) is 36.7. The van der Waals surface area contributed by atoms with Crippen molar-refractivity contribution in [1.29, 1.82) is 0 Å². The maximum Gasteiger partial charge on any atom is 0.416 e. The van der Waals surface area contributed by atoms with Gasteiger partial charge in [0.15, 0.2) is 21.2 Å². The molecule has 7 rings (SSSR count). The van der Waals surface area contributed by atoms with Gasteiger partial charge in [-0.05, 0) is 85.8 Å². The van der Waals surface area contributed by atoms with Gasteiger partial charge in [0.25, 0.3) is 11.8 Å². The lowest BCUT2D eigenvalue weighted by atomic mass is 9.56. The van der Waals surface area contributed by atoms with Crippen LogP contribution in [0.1, 0.15) is 42.4 Å². The van der Waals surface area contributed by atoms with E-state index in [1.54, 1.807) is 6.92 Å². The maximum absolute atomic E-state index is 14.5. The second kappa shape index (κ2) is 12.2. The van der Waals surface area contributed by atoms with Crippen LogP contribution in [0.3, 0.4) is 0 Å². The molecule has 0 spiro atoms. The standard InChI is InChI=1S/C36H25Cl2F7N2O6/c1-2-53-26-11-16(3-10-25(26)48)28-22-8-9-23-27(30(50)46(29(23)49)21-13-17(35(40,41)42)12-18(14-21)36(43,44)45)24(22)15-33(37)31(51)47(32(52)34(28,33)38)20-6-4-19(39)5-7-20/h3-8,10-14,23-24,27-28,48H,2,9,15H2,1H3. The Morgan fingerprint density at radius 2 is 1.43 bits per heavy atom. The molecule has 3 aromatic rings. The number of ether oxygens (including phenoxy) is 1. The van der Waals surface area contributed by atoms with Crippen molar-refractivity contribution in [3.63, 3.8) is 0 Å².